The van der Waals surface area contributed by atoms with Crippen LogP contribution in [0.3, 0.4) is 0 Å². The van der Waals surface area contributed by atoms with E-state index in [0.717, 1.165) is 16.9 Å². The summed E-state index contributed by atoms with van der Waals surface area (Å²) in [5.74, 6) is 0.343. The highest BCUT2D eigenvalue weighted by Gasteiger charge is 2.11. The molecule has 3 rings (SSSR count). The summed E-state index contributed by atoms with van der Waals surface area (Å²) in [6.07, 6.45) is 3.34. The number of ether oxygens (including phenoxy) is 2. The molecule has 0 aliphatic rings. The third-order valence-electron chi connectivity index (χ3n) is 3.51. The minimum absolute atomic E-state index is 0.168. The normalized spacial score (nSPS) is 9.74. The van der Waals surface area contributed by atoms with Crippen LogP contribution >= 0.6 is 0 Å². The number of rotatable bonds is 6. The van der Waals surface area contributed by atoms with Gasteiger partial charge >= 0.3 is 5.97 Å². The number of hydrogen-bond donors (Lipinski definition) is 0. The molecule has 0 fully saturated rings. The van der Waals surface area contributed by atoms with Crippen LogP contribution in [-0.2, 0) is 11.3 Å². The van der Waals surface area contributed by atoms with Crippen molar-refractivity contribution in [3.8, 4) is 17.0 Å². The minimum atomic E-state index is -0.461. The quantitative estimate of drug-likeness (QED) is 0.581. The Labute approximate surface area is 160 Å². The highest BCUT2D eigenvalue weighted by molar-refractivity contribution is 5.88. The van der Waals surface area contributed by atoms with Gasteiger partial charge in [-0.15, -0.1) is 0 Å². The fraction of sp³-hybridized carbons (Fsp3) is 0.227. The molecule has 0 atom stereocenters. The largest absolute Gasteiger partial charge is 0.494 e. The Hall–Kier alpha value is -3.21. The van der Waals surface area contributed by atoms with E-state index in [2.05, 4.69) is 9.97 Å². The Morgan fingerprint density at radius 1 is 1.00 bits per heavy atom. The maximum absolute atomic E-state index is 12.2. The van der Waals surface area contributed by atoms with Crippen LogP contribution in [0, 0.1) is 0 Å². The molecule has 0 unspecified atom stereocenters. The smallest absolute Gasteiger partial charge is 0.357 e. The standard InChI is InChI=1S/C20H18N2O3.C2H6/c1-2-24-17-10-8-16(9-11-17)18-6-3-7-19(22-18)20(23)25-14-15-5-4-12-21-13-15;1-2/h3-13H,2,14H2,1H3;1-2H3. The van der Waals surface area contributed by atoms with Gasteiger partial charge in [0.15, 0.2) is 0 Å². The molecule has 0 saturated heterocycles. The number of hydrogen-bond acceptors (Lipinski definition) is 5. The number of nitrogens with zero attached hydrogens (tertiary/aromatic N) is 2. The first kappa shape index (κ1) is 20.1. The average Bonchev–Trinajstić information content (AvgIpc) is 2.75. The number of esters is 1. The number of aromatic nitrogens is 2. The van der Waals surface area contributed by atoms with Crippen LogP contribution in [-0.4, -0.2) is 22.5 Å². The van der Waals surface area contributed by atoms with Crippen molar-refractivity contribution < 1.29 is 14.3 Å². The van der Waals surface area contributed by atoms with Gasteiger partial charge in [-0.05, 0) is 49.4 Å². The molecule has 0 spiro atoms. The van der Waals surface area contributed by atoms with Gasteiger partial charge in [0.1, 0.15) is 18.1 Å². The lowest BCUT2D eigenvalue weighted by Crippen LogP contribution is -2.08. The van der Waals surface area contributed by atoms with Gasteiger partial charge in [0.05, 0.1) is 12.3 Å². The summed E-state index contributed by atoms with van der Waals surface area (Å²) in [4.78, 5) is 20.6. The van der Waals surface area contributed by atoms with Crippen molar-refractivity contribution in [1.29, 1.82) is 0 Å². The lowest BCUT2D eigenvalue weighted by atomic mass is 10.1. The fourth-order valence-electron chi connectivity index (χ4n) is 2.30. The van der Waals surface area contributed by atoms with E-state index >= 15 is 0 Å². The van der Waals surface area contributed by atoms with Crippen molar-refractivity contribution in [3.63, 3.8) is 0 Å². The lowest BCUT2D eigenvalue weighted by Gasteiger charge is -2.07. The summed E-state index contributed by atoms with van der Waals surface area (Å²) >= 11 is 0. The van der Waals surface area contributed by atoms with E-state index in [9.17, 15) is 4.79 Å². The van der Waals surface area contributed by atoms with Gasteiger partial charge in [0, 0.05) is 23.5 Å². The molecular formula is C22H24N2O3. The Morgan fingerprint density at radius 2 is 1.78 bits per heavy atom. The first-order chi connectivity index (χ1) is 13.3. The van der Waals surface area contributed by atoms with Gasteiger partial charge in [-0.2, -0.15) is 0 Å². The Bertz CT molecular complexity index is 834. The van der Waals surface area contributed by atoms with Crippen LogP contribution < -0.4 is 4.74 Å². The fourth-order valence-corrected chi connectivity index (χ4v) is 2.30. The Balaban J connectivity index is 0.00000126. The summed E-state index contributed by atoms with van der Waals surface area (Å²) in [5, 5.41) is 0. The molecule has 0 N–H and O–H groups in total. The molecular weight excluding hydrogens is 340 g/mol. The Kier molecular flexibility index (Phi) is 7.97. The van der Waals surface area contributed by atoms with Gasteiger partial charge in [-0.3, -0.25) is 4.98 Å². The van der Waals surface area contributed by atoms with Gasteiger partial charge < -0.3 is 9.47 Å². The van der Waals surface area contributed by atoms with Crippen LogP contribution in [0.5, 0.6) is 5.75 Å². The second-order valence-corrected chi connectivity index (χ2v) is 5.30. The van der Waals surface area contributed by atoms with E-state index < -0.39 is 5.97 Å². The number of carbonyl (C=O) groups is 1. The zero-order valence-corrected chi connectivity index (χ0v) is 15.9. The Morgan fingerprint density at radius 3 is 2.44 bits per heavy atom. The zero-order chi connectivity index (χ0) is 19.5. The maximum atomic E-state index is 12.2. The summed E-state index contributed by atoms with van der Waals surface area (Å²) in [7, 11) is 0. The van der Waals surface area contributed by atoms with E-state index in [1.165, 1.54) is 0 Å². The molecule has 0 bridgehead atoms. The van der Waals surface area contributed by atoms with E-state index in [1.807, 2.05) is 57.2 Å². The zero-order valence-electron chi connectivity index (χ0n) is 15.9. The van der Waals surface area contributed by atoms with Crippen molar-refractivity contribution >= 4 is 5.97 Å². The highest BCUT2D eigenvalue weighted by atomic mass is 16.5. The molecule has 2 aromatic heterocycles. The van der Waals surface area contributed by atoms with Crippen LogP contribution in [0.4, 0.5) is 0 Å². The molecule has 0 aliphatic heterocycles. The summed E-state index contributed by atoms with van der Waals surface area (Å²) in [6.45, 7) is 6.73. The number of benzene rings is 1. The van der Waals surface area contributed by atoms with Gasteiger partial charge in [0.25, 0.3) is 0 Å². The van der Waals surface area contributed by atoms with E-state index in [-0.39, 0.29) is 12.3 Å². The maximum Gasteiger partial charge on any atom is 0.357 e. The first-order valence-corrected chi connectivity index (χ1v) is 9.02. The SMILES string of the molecule is CC.CCOc1ccc(-c2cccc(C(=O)OCc3cccnc3)n2)cc1. The second kappa shape index (κ2) is 10.7. The van der Waals surface area contributed by atoms with Crippen molar-refractivity contribution in [2.24, 2.45) is 0 Å². The minimum Gasteiger partial charge on any atom is -0.494 e. The molecule has 2 heterocycles. The molecule has 0 aliphatic carbocycles. The summed E-state index contributed by atoms with van der Waals surface area (Å²) in [5.41, 5.74) is 2.72. The lowest BCUT2D eigenvalue weighted by molar-refractivity contribution is 0.0465. The molecule has 1 aromatic carbocycles. The van der Waals surface area contributed by atoms with Crippen molar-refractivity contribution in [2.75, 3.05) is 6.61 Å². The van der Waals surface area contributed by atoms with Gasteiger partial charge in [-0.25, -0.2) is 9.78 Å². The second-order valence-electron chi connectivity index (χ2n) is 5.30. The van der Waals surface area contributed by atoms with Crippen molar-refractivity contribution in [3.05, 3.63) is 78.2 Å². The van der Waals surface area contributed by atoms with Gasteiger partial charge in [-0.1, -0.05) is 26.0 Å². The predicted octanol–water partition coefficient (Wildman–Crippen LogP) is 4.93. The molecule has 27 heavy (non-hydrogen) atoms. The molecule has 0 radical (unpaired) electrons. The van der Waals surface area contributed by atoms with E-state index in [0.29, 0.717) is 12.3 Å². The van der Waals surface area contributed by atoms with Crippen molar-refractivity contribution in [2.45, 2.75) is 27.4 Å². The highest BCUT2D eigenvalue weighted by Crippen LogP contribution is 2.21. The molecule has 5 nitrogen and oxygen atoms in total. The van der Waals surface area contributed by atoms with Gasteiger partial charge in [0.2, 0.25) is 0 Å². The summed E-state index contributed by atoms with van der Waals surface area (Å²) < 4.78 is 10.7. The van der Waals surface area contributed by atoms with Crippen molar-refractivity contribution in [1.82, 2.24) is 9.97 Å². The summed E-state index contributed by atoms with van der Waals surface area (Å²) in [6, 6.07) is 16.5. The molecule has 5 heteroatoms. The molecule has 140 valence electrons. The topological polar surface area (TPSA) is 61.3 Å². The molecule has 0 amide bonds. The molecule has 0 saturated carbocycles. The van der Waals surface area contributed by atoms with E-state index in [1.54, 1.807) is 30.6 Å². The number of pyridine rings is 2. The first-order valence-electron chi connectivity index (χ1n) is 9.02. The van der Waals surface area contributed by atoms with Crippen LogP contribution in [0.2, 0.25) is 0 Å². The van der Waals surface area contributed by atoms with Crippen LogP contribution in [0.1, 0.15) is 36.8 Å². The van der Waals surface area contributed by atoms with E-state index in [4.69, 9.17) is 9.47 Å². The monoisotopic (exact) mass is 364 g/mol. The predicted molar refractivity (Wildman–Crippen MR) is 106 cm³/mol. The third-order valence-corrected chi connectivity index (χ3v) is 3.51. The van der Waals surface area contributed by atoms with Crippen LogP contribution in [0.25, 0.3) is 11.3 Å². The average molecular weight is 364 g/mol. The molecule has 3 aromatic rings. The number of carbonyl (C=O) groups excluding carboxylic acids is 1. The van der Waals surface area contributed by atoms with Crippen LogP contribution in [0.15, 0.2) is 67.0 Å². The third kappa shape index (κ3) is 5.92.